The summed E-state index contributed by atoms with van der Waals surface area (Å²) in [6, 6.07) is 22.2. The van der Waals surface area contributed by atoms with Crippen LogP contribution in [0.3, 0.4) is 0 Å². The lowest BCUT2D eigenvalue weighted by atomic mass is 9.86. The third-order valence-corrected chi connectivity index (χ3v) is 15.9. The second-order valence-electron chi connectivity index (χ2n) is 20.5. The largest absolute Gasteiger partial charge is 0.388 e. The van der Waals surface area contributed by atoms with Crippen molar-refractivity contribution in [3.05, 3.63) is 163 Å². The summed E-state index contributed by atoms with van der Waals surface area (Å²) < 4.78 is 21.0. The van der Waals surface area contributed by atoms with Crippen molar-refractivity contribution in [2.45, 2.75) is 90.0 Å². The number of carbonyl (C=O) groups excluding carboxylic acids is 3. The first-order valence-corrected chi connectivity index (χ1v) is 25.5. The van der Waals surface area contributed by atoms with E-state index in [-0.39, 0.29) is 41.2 Å². The van der Waals surface area contributed by atoms with Crippen molar-refractivity contribution in [2.75, 3.05) is 43.9 Å². The van der Waals surface area contributed by atoms with Crippen LogP contribution in [0.2, 0.25) is 0 Å². The van der Waals surface area contributed by atoms with Crippen molar-refractivity contribution in [1.29, 1.82) is 0 Å². The first-order chi connectivity index (χ1) is 34.7. The number of pyridine rings is 2. The smallest absolute Gasteiger partial charge is 0.329 e. The third kappa shape index (κ3) is 9.51. The van der Waals surface area contributed by atoms with Gasteiger partial charge in [0.2, 0.25) is 11.8 Å². The predicted molar refractivity (Wildman–Crippen MR) is 281 cm³/mol. The molecule has 0 radical (unpaired) electrons. The summed E-state index contributed by atoms with van der Waals surface area (Å²) in [5.74, 6) is -0.216. The molecule has 2 aliphatic heterocycles. The summed E-state index contributed by atoms with van der Waals surface area (Å²) in [5.41, 5.74) is 11.7. The zero-order chi connectivity index (χ0) is 50.4. The van der Waals surface area contributed by atoms with Gasteiger partial charge >= 0.3 is 5.69 Å². The van der Waals surface area contributed by atoms with E-state index in [4.69, 9.17) is 0 Å². The number of imide groups is 1. The van der Waals surface area contributed by atoms with Crippen LogP contribution in [-0.4, -0.2) is 75.0 Å². The van der Waals surface area contributed by atoms with Gasteiger partial charge in [0.15, 0.2) is 0 Å². The fourth-order valence-corrected chi connectivity index (χ4v) is 11.7. The fraction of sp³-hybridized carbons (Fsp3) is 0.379. The number of anilines is 2. The Morgan fingerprint density at radius 3 is 2.49 bits per heavy atom. The number of rotatable bonds is 11. The molecule has 2 N–H and O–H groups in total. The number of piperidine rings is 1. The SMILES string of the molecule is CNc1ccn(-c2ccnc3c2C=C(CN2CC=C(c4c(C)cc(C(=O)N(C)c5ccc(C6CCCC(Cc7ccc8c(c7)n(C)c(=O)n8C7CCC(=O)NC7=O)CC6)cc5)cc4F)CC2)C(C)C3)c(=O)c1. The van der Waals surface area contributed by atoms with Crippen LogP contribution in [0.25, 0.3) is 28.4 Å². The first-order valence-electron chi connectivity index (χ1n) is 25.5. The second kappa shape index (κ2) is 20.1. The molecule has 10 rings (SSSR count). The van der Waals surface area contributed by atoms with Crippen LogP contribution in [0, 0.1) is 24.6 Å². The van der Waals surface area contributed by atoms with Crippen molar-refractivity contribution in [2.24, 2.45) is 18.9 Å². The lowest BCUT2D eigenvalue weighted by Gasteiger charge is -2.31. The predicted octanol–water partition coefficient (Wildman–Crippen LogP) is 8.90. The van der Waals surface area contributed by atoms with Gasteiger partial charge in [-0.25, -0.2) is 9.18 Å². The van der Waals surface area contributed by atoms with E-state index in [1.54, 1.807) is 53.6 Å². The van der Waals surface area contributed by atoms with Gasteiger partial charge < -0.3 is 10.2 Å². The van der Waals surface area contributed by atoms with Gasteiger partial charge in [-0.15, -0.1) is 0 Å². The Labute approximate surface area is 419 Å². The highest BCUT2D eigenvalue weighted by molar-refractivity contribution is 6.06. The van der Waals surface area contributed by atoms with Crippen molar-refractivity contribution in [3.8, 4) is 5.69 Å². The van der Waals surface area contributed by atoms with Crippen molar-refractivity contribution in [3.63, 3.8) is 0 Å². The lowest BCUT2D eigenvalue weighted by Crippen LogP contribution is -2.44. The molecular formula is C58H63FN8O5. The van der Waals surface area contributed by atoms with Gasteiger partial charge in [-0.3, -0.25) is 48.1 Å². The number of halogens is 1. The molecule has 1 saturated heterocycles. The number of aromatic nitrogens is 4. The van der Waals surface area contributed by atoms with Crippen LogP contribution in [0.15, 0.2) is 106 Å². The van der Waals surface area contributed by atoms with Crippen LogP contribution in [0.5, 0.6) is 0 Å². The molecule has 5 heterocycles. The van der Waals surface area contributed by atoms with Crippen molar-refractivity contribution in [1.82, 2.24) is 28.9 Å². The summed E-state index contributed by atoms with van der Waals surface area (Å²) in [6.07, 6.45) is 16.2. The average molecular weight is 971 g/mol. The molecule has 0 spiro atoms. The van der Waals surface area contributed by atoms with E-state index >= 15 is 4.39 Å². The first kappa shape index (κ1) is 48.4. The Bertz CT molecular complexity index is 3290. The highest BCUT2D eigenvalue weighted by Crippen LogP contribution is 2.38. The Kier molecular flexibility index (Phi) is 13.5. The Hall–Kier alpha value is -7.19. The molecular weight excluding hydrogens is 908 g/mol. The number of aryl methyl sites for hydroxylation is 2. The number of imidazole rings is 1. The van der Waals surface area contributed by atoms with Crippen molar-refractivity contribution >= 4 is 51.8 Å². The van der Waals surface area contributed by atoms with Crippen LogP contribution < -0.4 is 26.8 Å². The maximum absolute atomic E-state index is 16.2. The summed E-state index contributed by atoms with van der Waals surface area (Å²) in [6.45, 7) is 6.30. The molecule has 13 nitrogen and oxygen atoms in total. The molecule has 4 atom stereocenters. The van der Waals surface area contributed by atoms with E-state index in [0.29, 0.717) is 47.9 Å². The number of nitrogens with zero attached hydrogens (tertiary/aromatic N) is 6. The second-order valence-corrected chi connectivity index (χ2v) is 20.5. The van der Waals surface area contributed by atoms with E-state index in [0.717, 1.165) is 109 Å². The number of hydrogen-bond donors (Lipinski definition) is 2. The topological polar surface area (TPSA) is 144 Å². The minimum atomic E-state index is -0.704. The summed E-state index contributed by atoms with van der Waals surface area (Å²) >= 11 is 0. The van der Waals surface area contributed by atoms with Gasteiger partial charge in [0.25, 0.3) is 11.5 Å². The number of amides is 3. The normalized spacial score (nSPS) is 20.6. The summed E-state index contributed by atoms with van der Waals surface area (Å²) in [5, 5.41) is 5.41. The standard InChI is InChI=1S/C58H63FN8O5/c1-35-28-48-46(49(19-23-61-48)66-26-22-44(60-3)33-54(66)69)31-43(35)34-65-24-20-41(21-25-65)55-36(2)27-42(32-47(55)59)57(71)63(4)45-14-12-40(13-15-45)39-8-6-7-37(9-11-39)29-38-10-16-50-52(30-38)64(5)58(72)67(50)51-17-18-53(68)62-56(51)70/h10,12-16,19-20,22-23,26-27,30-33,35,37,39,51,60H,6-9,11,17-18,21,24-25,28-29,34H2,1-5H3,(H,62,68,70). The van der Waals surface area contributed by atoms with E-state index in [1.807, 2.05) is 43.3 Å². The third-order valence-electron chi connectivity index (χ3n) is 15.9. The van der Waals surface area contributed by atoms with E-state index in [2.05, 4.69) is 63.9 Å². The number of hydrogen-bond acceptors (Lipinski definition) is 8. The molecule has 3 aromatic heterocycles. The minimum Gasteiger partial charge on any atom is -0.388 e. The van der Waals surface area contributed by atoms with Crippen molar-refractivity contribution < 1.29 is 18.8 Å². The number of carbonyl (C=O) groups is 3. The van der Waals surface area contributed by atoms with E-state index < -0.39 is 11.9 Å². The molecule has 6 aromatic rings. The van der Waals surface area contributed by atoms with Crippen LogP contribution in [0.1, 0.15) is 114 Å². The maximum atomic E-state index is 16.2. The molecule has 3 amide bonds. The van der Waals surface area contributed by atoms with Gasteiger partial charge in [-0.05, 0) is 140 Å². The summed E-state index contributed by atoms with van der Waals surface area (Å²) in [4.78, 5) is 73.4. The molecule has 3 aromatic carbocycles. The Morgan fingerprint density at radius 1 is 0.931 bits per heavy atom. The van der Waals surface area contributed by atoms with Gasteiger partial charge in [0.05, 0.1) is 22.4 Å². The molecule has 0 bridgehead atoms. The molecule has 1 saturated carbocycles. The number of nitrogens with one attached hydrogen (secondary N) is 2. The average Bonchev–Trinajstić information content (AvgIpc) is 3.47. The van der Waals surface area contributed by atoms with Gasteiger partial charge in [-0.1, -0.05) is 55.7 Å². The Morgan fingerprint density at radius 2 is 1.75 bits per heavy atom. The quantitative estimate of drug-likeness (QED) is 0.0969. The van der Waals surface area contributed by atoms with E-state index in [1.165, 1.54) is 21.8 Å². The molecule has 2 aliphatic carbocycles. The molecule has 72 heavy (non-hydrogen) atoms. The minimum absolute atomic E-state index is 0.109. The molecule has 372 valence electrons. The fourth-order valence-electron chi connectivity index (χ4n) is 11.7. The Balaban J connectivity index is 0.752. The van der Waals surface area contributed by atoms with Crippen LogP contribution in [0.4, 0.5) is 15.8 Å². The lowest BCUT2D eigenvalue weighted by molar-refractivity contribution is -0.135. The van der Waals surface area contributed by atoms with Gasteiger partial charge in [0.1, 0.15) is 11.9 Å². The highest BCUT2D eigenvalue weighted by Gasteiger charge is 2.32. The van der Waals surface area contributed by atoms with Gasteiger partial charge in [-0.2, -0.15) is 0 Å². The maximum Gasteiger partial charge on any atom is 0.329 e. The number of fused-ring (bicyclic) bond motifs is 2. The molecule has 4 unspecified atom stereocenters. The zero-order valence-corrected chi connectivity index (χ0v) is 41.8. The highest BCUT2D eigenvalue weighted by atomic mass is 19.1. The summed E-state index contributed by atoms with van der Waals surface area (Å²) in [7, 11) is 5.27. The molecule has 14 heteroatoms. The number of benzene rings is 3. The van der Waals surface area contributed by atoms with E-state index in [9.17, 15) is 24.0 Å². The van der Waals surface area contributed by atoms with Crippen LogP contribution >= 0.6 is 0 Å². The zero-order valence-electron chi connectivity index (χ0n) is 41.8. The van der Waals surface area contributed by atoms with Crippen LogP contribution in [-0.2, 0) is 29.5 Å². The molecule has 4 aliphatic rings. The monoisotopic (exact) mass is 970 g/mol. The van der Waals surface area contributed by atoms with Gasteiger partial charge in [0, 0.05) is 93.7 Å². The molecule has 2 fully saturated rings.